The number of amides is 1. The maximum absolute atomic E-state index is 13.5. The molecule has 1 aliphatic carbocycles. The lowest BCUT2D eigenvalue weighted by Crippen LogP contribution is -2.42. The summed E-state index contributed by atoms with van der Waals surface area (Å²) in [5.74, 6) is -0.000629. The molecule has 1 saturated carbocycles. The molecule has 7 nitrogen and oxygen atoms in total. The van der Waals surface area contributed by atoms with Crippen molar-refractivity contribution in [3.05, 3.63) is 71.3 Å². The van der Waals surface area contributed by atoms with Crippen LogP contribution >= 0.6 is 0 Å². The van der Waals surface area contributed by atoms with Crippen LogP contribution in [0.3, 0.4) is 0 Å². The van der Waals surface area contributed by atoms with E-state index in [0.29, 0.717) is 13.1 Å². The third kappa shape index (κ3) is 5.56. The fourth-order valence-electron chi connectivity index (χ4n) is 4.42. The highest BCUT2D eigenvalue weighted by Gasteiger charge is 2.51. The number of hydrogen-bond donors (Lipinski definition) is 3. The number of rotatable bonds is 9. The highest BCUT2D eigenvalue weighted by molar-refractivity contribution is 7.88. The highest BCUT2D eigenvalue weighted by atomic mass is 32.2. The molecule has 2 aromatic rings. The van der Waals surface area contributed by atoms with E-state index in [-0.39, 0.29) is 24.6 Å². The zero-order chi connectivity index (χ0) is 22.8. The van der Waals surface area contributed by atoms with Crippen LogP contribution in [0.15, 0.2) is 54.6 Å². The number of sulfonamides is 1. The van der Waals surface area contributed by atoms with Gasteiger partial charge in [0, 0.05) is 26.2 Å². The molecule has 8 heteroatoms. The number of hydrogen-bond acceptors (Lipinski definition) is 5. The molecule has 2 fully saturated rings. The van der Waals surface area contributed by atoms with Crippen LogP contribution in [0.25, 0.3) is 0 Å². The number of aliphatic hydroxyl groups is 1. The number of carbonyl (C=O) groups excluding carboxylic acids is 1. The van der Waals surface area contributed by atoms with Gasteiger partial charge >= 0.3 is 0 Å². The summed E-state index contributed by atoms with van der Waals surface area (Å²) in [6.45, 7) is 2.30. The molecule has 1 saturated heterocycles. The number of β-amino-alcohol motifs (C(OH)–C–C–N with tert-alkyl or cyclic N) is 1. The van der Waals surface area contributed by atoms with E-state index in [2.05, 4.69) is 14.9 Å². The van der Waals surface area contributed by atoms with E-state index in [1.54, 1.807) is 0 Å². The van der Waals surface area contributed by atoms with Crippen molar-refractivity contribution < 1.29 is 18.3 Å². The molecule has 2 atom stereocenters. The Morgan fingerprint density at radius 2 is 1.94 bits per heavy atom. The molecule has 1 amide bonds. The summed E-state index contributed by atoms with van der Waals surface area (Å²) >= 11 is 0. The smallest absolute Gasteiger partial charge is 0.231 e. The van der Waals surface area contributed by atoms with E-state index in [1.807, 2.05) is 54.6 Å². The van der Waals surface area contributed by atoms with Crippen molar-refractivity contribution in [2.24, 2.45) is 0 Å². The van der Waals surface area contributed by atoms with Gasteiger partial charge in [-0.15, -0.1) is 0 Å². The number of aliphatic hydroxyl groups excluding tert-OH is 1. The molecule has 0 radical (unpaired) electrons. The van der Waals surface area contributed by atoms with Gasteiger partial charge in [0.1, 0.15) is 0 Å². The number of benzene rings is 2. The van der Waals surface area contributed by atoms with Gasteiger partial charge in [0.2, 0.25) is 15.9 Å². The lowest BCUT2D eigenvalue weighted by atomic mass is 9.92. The monoisotopic (exact) mass is 457 g/mol. The summed E-state index contributed by atoms with van der Waals surface area (Å²) in [6, 6.07) is 17.4. The lowest BCUT2D eigenvalue weighted by Gasteiger charge is -2.27. The Hall–Kier alpha value is -2.26. The van der Waals surface area contributed by atoms with E-state index in [4.69, 9.17) is 0 Å². The van der Waals surface area contributed by atoms with Crippen LogP contribution in [0.1, 0.15) is 42.0 Å². The largest absolute Gasteiger partial charge is 0.392 e. The molecule has 172 valence electrons. The predicted octanol–water partition coefficient (Wildman–Crippen LogP) is 1.69. The Balaban J connectivity index is 1.50. The van der Waals surface area contributed by atoms with Gasteiger partial charge in [-0.05, 0) is 36.0 Å². The lowest BCUT2D eigenvalue weighted by molar-refractivity contribution is -0.124. The minimum absolute atomic E-state index is 0.000629. The van der Waals surface area contributed by atoms with Gasteiger partial charge in [-0.1, -0.05) is 54.6 Å². The Labute approximate surface area is 189 Å². The molecule has 2 aliphatic rings. The first-order valence-electron chi connectivity index (χ1n) is 11.1. The average molecular weight is 458 g/mol. The van der Waals surface area contributed by atoms with Crippen molar-refractivity contribution in [3.63, 3.8) is 0 Å². The van der Waals surface area contributed by atoms with Crippen LogP contribution < -0.4 is 10.0 Å². The highest BCUT2D eigenvalue weighted by Crippen LogP contribution is 2.49. The molecule has 0 unspecified atom stereocenters. The zero-order valence-corrected chi connectivity index (χ0v) is 19.1. The van der Waals surface area contributed by atoms with E-state index in [1.165, 1.54) is 0 Å². The summed E-state index contributed by atoms with van der Waals surface area (Å²) < 4.78 is 25.4. The summed E-state index contributed by atoms with van der Waals surface area (Å²) in [5.41, 5.74) is 2.23. The summed E-state index contributed by atoms with van der Waals surface area (Å²) in [4.78, 5) is 15.7. The topological polar surface area (TPSA) is 98.7 Å². The quantitative estimate of drug-likeness (QED) is 0.532. The van der Waals surface area contributed by atoms with Crippen LogP contribution in [0.4, 0.5) is 0 Å². The minimum atomic E-state index is -3.29. The number of carbonyl (C=O) groups is 1. The van der Waals surface area contributed by atoms with Crippen LogP contribution in [-0.2, 0) is 26.8 Å². The van der Waals surface area contributed by atoms with E-state index in [0.717, 1.165) is 48.8 Å². The molecule has 3 N–H and O–H groups in total. The Bertz CT molecular complexity index is 1050. The molecule has 0 bridgehead atoms. The van der Waals surface area contributed by atoms with Gasteiger partial charge in [-0.2, -0.15) is 0 Å². The fraction of sp³-hybridized carbons (Fsp3) is 0.458. The van der Waals surface area contributed by atoms with Crippen LogP contribution in [0, 0.1) is 0 Å². The third-order valence-electron chi connectivity index (χ3n) is 6.40. The normalized spacial score (nSPS) is 21.2. The molecular weight excluding hydrogens is 426 g/mol. The SMILES string of the molecule is CS(=O)(=O)NCc1cccc(C2(C(=O)N[C@H](CN3CC[C@H](O)C3)c3ccccc3)CC2)c1. The molecule has 0 aromatic heterocycles. The van der Waals surface area contributed by atoms with Crippen LogP contribution in [0.2, 0.25) is 0 Å². The van der Waals surface area contributed by atoms with Crippen molar-refractivity contribution in [2.75, 3.05) is 25.9 Å². The summed E-state index contributed by atoms with van der Waals surface area (Å²) in [7, 11) is -3.29. The number of nitrogens with one attached hydrogen (secondary N) is 2. The summed E-state index contributed by atoms with van der Waals surface area (Å²) in [6.07, 6.45) is 3.13. The van der Waals surface area contributed by atoms with Crippen LogP contribution in [0.5, 0.6) is 0 Å². The van der Waals surface area contributed by atoms with Gasteiger partial charge in [0.15, 0.2) is 0 Å². The second kappa shape index (κ2) is 9.31. The number of nitrogens with zero attached hydrogens (tertiary/aromatic N) is 1. The van der Waals surface area contributed by atoms with Crippen molar-refractivity contribution in [3.8, 4) is 0 Å². The zero-order valence-electron chi connectivity index (χ0n) is 18.3. The van der Waals surface area contributed by atoms with Crippen LogP contribution in [-0.4, -0.2) is 56.3 Å². The molecule has 2 aromatic carbocycles. The van der Waals surface area contributed by atoms with Gasteiger partial charge in [-0.3, -0.25) is 9.69 Å². The van der Waals surface area contributed by atoms with E-state index in [9.17, 15) is 18.3 Å². The van der Waals surface area contributed by atoms with Crippen molar-refractivity contribution >= 4 is 15.9 Å². The van der Waals surface area contributed by atoms with E-state index < -0.39 is 15.4 Å². The Morgan fingerprint density at radius 1 is 1.19 bits per heavy atom. The molecule has 0 spiro atoms. The minimum Gasteiger partial charge on any atom is -0.392 e. The first-order valence-corrected chi connectivity index (χ1v) is 12.9. The number of likely N-dealkylation sites (tertiary alicyclic amines) is 1. The van der Waals surface area contributed by atoms with Gasteiger partial charge in [0.05, 0.1) is 23.8 Å². The van der Waals surface area contributed by atoms with Crippen molar-refractivity contribution in [1.82, 2.24) is 14.9 Å². The molecule has 1 aliphatic heterocycles. The standard InChI is InChI=1S/C24H31N3O4S/c1-32(30,31)25-15-18-6-5-9-20(14-18)24(11-12-24)23(29)26-22(19-7-3-2-4-8-19)17-27-13-10-21(28)16-27/h2-9,14,21-22,25,28H,10-13,15-17H2,1H3,(H,26,29)/t21-,22+/m0/s1. The maximum atomic E-state index is 13.5. The molecule has 4 rings (SSSR count). The average Bonchev–Trinajstić information content (AvgIpc) is 3.49. The Morgan fingerprint density at radius 3 is 2.56 bits per heavy atom. The second-order valence-corrected chi connectivity index (χ2v) is 10.8. The van der Waals surface area contributed by atoms with Gasteiger partial charge < -0.3 is 10.4 Å². The van der Waals surface area contributed by atoms with Gasteiger partial charge in [-0.25, -0.2) is 13.1 Å². The molecule has 1 heterocycles. The first-order chi connectivity index (χ1) is 15.2. The van der Waals surface area contributed by atoms with Gasteiger partial charge in [0.25, 0.3) is 0 Å². The Kier molecular flexibility index (Phi) is 6.67. The third-order valence-corrected chi connectivity index (χ3v) is 7.07. The molecule has 32 heavy (non-hydrogen) atoms. The van der Waals surface area contributed by atoms with Crippen molar-refractivity contribution in [2.45, 2.75) is 43.4 Å². The van der Waals surface area contributed by atoms with Crippen molar-refractivity contribution in [1.29, 1.82) is 0 Å². The first kappa shape index (κ1) is 22.9. The summed E-state index contributed by atoms with van der Waals surface area (Å²) in [5, 5.41) is 13.2. The second-order valence-electron chi connectivity index (χ2n) is 9.01. The fourth-order valence-corrected chi connectivity index (χ4v) is 4.85. The molecular formula is C24H31N3O4S. The predicted molar refractivity (Wildman–Crippen MR) is 123 cm³/mol. The maximum Gasteiger partial charge on any atom is 0.231 e. The van der Waals surface area contributed by atoms with E-state index >= 15 is 0 Å².